The van der Waals surface area contributed by atoms with Crippen LogP contribution in [-0.2, 0) is 11.2 Å². The molecule has 0 aliphatic heterocycles. The minimum atomic E-state index is -0.827. The smallest absolute Gasteiger partial charge is 0.317 e. The minimum absolute atomic E-state index is 0.0269. The molecule has 1 saturated carbocycles. The molecule has 144 valence electrons. The van der Waals surface area contributed by atoms with Gasteiger partial charge in [0.2, 0.25) is 5.82 Å². The lowest BCUT2D eigenvalue weighted by Gasteiger charge is -2.42. The number of hydrogen-bond acceptors (Lipinski definition) is 5. The van der Waals surface area contributed by atoms with E-state index in [1.807, 2.05) is 49.1 Å². The Bertz CT molecular complexity index is 799. The van der Waals surface area contributed by atoms with Crippen LogP contribution in [0.4, 0.5) is 0 Å². The van der Waals surface area contributed by atoms with Crippen molar-refractivity contribution in [3.63, 3.8) is 0 Å². The summed E-state index contributed by atoms with van der Waals surface area (Å²) < 4.78 is 1.70. The topological polar surface area (TPSA) is 100 Å². The third kappa shape index (κ3) is 4.33. The second-order valence-corrected chi connectivity index (χ2v) is 6.70. The molecule has 1 aromatic carbocycles. The first-order chi connectivity index (χ1) is 13.0. The summed E-state index contributed by atoms with van der Waals surface area (Å²) in [5.74, 6) is -0.218. The highest BCUT2D eigenvalue weighted by molar-refractivity contribution is 5.90. The summed E-state index contributed by atoms with van der Waals surface area (Å²) in [5, 5.41) is 16.3. The monoisotopic (exact) mass is 371 g/mol. The maximum Gasteiger partial charge on any atom is 0.317 e. The van der Waals surface area contributed by atoms with Gasteiger partial charge >= 0.3 is 5.97 Å². The van der Waals surface area contributed by atoms with Gasteiger partial charge in [-0.25, -0.2) is 9.67 Å². The van der Waals surface area contributed by atoms with Gasteiger partial charge in [0.15, 0.2) is 0 Å². The van der Waals surface area contributed by atoms with Crippen molar-refractivity contribution in [1.29, 1.82) is 0 Å². The lowest BCUT2D eigenvalue weighted by atomic mass is 9.85. The Balaban J connectivity index is 1.61. The number of hydrogen-bond donors (Lipinski definition) is 2. The molecule has 3 rings (SSSR count). The van der Waals surface area contributed by atoms with Crippen LogP contribution < -0.4 is 5.32 Å². The number of aromatic nitrogens is 3. The molecule has 8 nitrogen and oxygen atoms in total. The summed E-state index contributed by atoms with van der Waals surface area (Å²) in [4.78, 5) is 29.7. The molecule has 2 N–H and O–H groups in total. The van der Waals surface area contributed by atoms with Gasteiger partial charge in [-0.15, -0.1) is 5.10 Å². The molecule has 0 radical (unpaired) electrons. The first kappa shape index (κ1) is 19.0. The Morgan fingerprint density at radius 2 is 1.96 bits per heavy atom. The molecule has 1 aliphatic rings. The standard InChI is InChI=1S/C19H25N5O3/c1-3-16-21-18(22-24(16)14-8-6-5-7-9-14)19(27)20-13-10-15(11-13)23(4-2)12-17(25)26/h5-9,13,15H,3-4,10-12H2,1-2H3,(H,20,27)(H,25,26). The van der Waals surface area contributed by atoms with Crippen LogP contribution in [0.3, 0.4) is 0 Å². The SMILES string of the molecule is CCc1nc(C(=O)NC2CC(N(CC)CC(=O)O)C2)nn1-c1ccccc1. The zero-order valence-electron chi connectivity index (χ0n) is 15.6. The van der Waals surface area contributed by atoms with Gasteiger partial charge in [-0.2, -0.15) is 0 Å². The van der Waals surface area contributed by atoms with Crippen LogP contribution in [0.2, 0.25) is 0 Å². The van der Waals surface area contributed by atoms with Gasteiger partial charge in [-0.1, -0.05) is 32.0 Å². The molecule has 1 heterocycles. The van der Waals surface area contributed by atoms with Crippen molar-refractivity contribution in [2.24, 2.45) is 0 Å². The van der Waals surface area contributed by atoms with Crippen LogP contribution in [0, 0.1) is 0 Å². The first-order valence-electron chi connectivity index (χ1n) is 9.29. The van der Waals surface area contributed by atoms with E-state index in [-0.39, 0.29) is 30.4 Å². The lowest BCUT2D eigenvalue weighted by Crippen LogP contribution is -2.54. The summed E-state index contributed by atoms with van der Waals surface area (Å²) in [6.07, 6.45) is 2.15. The molecule has 1 aromatic heterocycles. The number of carbonyl (C=O) groups excluding carboxylic acids is 1. The van der Waals surface area contributed by atoms with E-state index in [9.17, 15) is 9.59 Å². The molecule has 0 atom stereocenters. The van der Waals surface area contributed by atoms with Crippen molar-refractivity contribution in [2.45, 2.75) is 45.2 Å². The van der Waals surface area contributed by atoms with E-state index in [0.29, 0.717) is 13.0 Å². The average molecular weight is 371 g/mol. The van der Waals surface area contributed by atoms with E-state index in [2.05, 4.69) is 15.4 Å². The zero-order chi connectivity index (χ0) is 19.4. The minimum Gasteiger partial charge on any atom is -0.480 e. The molecule has 1 fully saturated rings. The maximum absolute atomic E-state index is 12.5. The number of carboxylic acid groups (broad SMARTS) is 1. The van der Waals surface area contributed by atoms with Gasteiger partial charge in [0, 0.05) is 18.5 Å². The molecule has 27 heavy (non-hydrogen) atoms. The van der Waals surface area contributed by atoms with Crippen molar-refractivity contribution in [2.75, 3.05) is 13.1 Å². The predicted octanol–water partition coefficient (Wildman–Crippen LogP) is 1.50. The normalized spacial score (nSPS) is 18.9. The fourth-order valence-corrected chi connectivity index (χ4v) is 3.37. The molecular weight excluding hydrogens is 346 g/mol. The largest absolute Gasteiger partial charge is 0.480 e. The van der Waals surface area contributed by atoms with E-state index in [4.69, 9.17) is 5.11 Å². The highest BCUT2D eigenvalue weighted by Gasteiger charge is 2.35. The number of carboxylic acids is 1. The number of likely N-dealkylation sites (N-methyl/N-ethyl adjacent to an activating group) is 1. The van der Waals surface area contributed by atoms with Crippen LogP contribution in [0.5, 0.6) is 0 Å². The summed E-state index contributed by atoms with van der Waals surface area (Å²) in [7, 11) is 0. The van der Waals surface area contributed by atoms with Crippen LogP contribution in [-0.4, -0.2) is 61.8 Å². The summed E-state index contributed by atoms with van der Waals surface area (Å²) in [6.45, 7) is 4.63. The van der Waals surface area contributed by atoms with Gasteiger partial charge in [-0.3, -0.25) is 14.5 Å². The van der Waals surface area contributed by atoms with Gasteiger partial charge in [0.1, 0.15) is 5.82 Å². The summed E-state index contributed by atoms with van der Waals surface area (Å²) >= 11 is 0. The summed E-state index contributed by atoms with van der Waals surface area (Å²) in [6, 6.07) is 9.83. The Morgan fingerprint density at radius 3 is 2.56 bits per heavy atom. The van der Waals surface area contributed by atoms with Gasteiger partial charge in [0.05, 0.1) is 12.2 Å². The number of benzene rings is 1. The van der Waals surface area contributed by atoms with E-state index in [1.165, 1.54) is 0 Å². The van der Waals surface area contributed by atoms with Gasteiger partial charge < -0.3 is 10.4 Å². The number of carbonyl (C=O) groups is 2. The number of aryl methyl sites for hydroxylation is 1. The van der Waals surface area contributed by atoms with Crippen molar-refractivity contribution in [3.8, 4) is 5.69 Å². The van der Waals surface area contributed by atoms with Crippen LogP contribution >= 0.6 is 0 Å². The number of rotatable bonds is 8. The van der Waals surface area contributed by atoms with Crippen molar-refractivity contribution in [3.05, 3.63) is 42.0 Å². The third-order valence-corrected chi connectivity index (χ3v) is 4.90. The van der Waals surface area contributed by atoms with Crippen LogP contribution in [0.15, 0.2) is 30.3 Å². The van der Waals surface area contributed by atoms with Gasteiger partial charge in [-0.05, 0) is 31.5 Å². The highest BCUT2D eigenvalue weighted by Crippen LogP contribution is 2.25. The maximum atomic E-state index is 12.5. The number of amides is 1. The molecular formula is C19H25N5O3. The van der Waals surface area contributed by atoms with E-state index in [1.54, 1.807) is 4.68 Å². The Hall–Kier alpha value is -2.74. The first-order valence-corrected chi connectivity index (χ1v) is 9.29. The van der Waals surface area contributed by atoms with E-state index in [0.717, 1.165) is 24.4 Å². The second kappa shape index (κ2) is 8.30. The number of nitrogens with one attached hydrogen (secondary N) is 1. The summed E-state index contributed by atoms with van der Waals surface area (Å²) in [5.41, 5.74) is 0.872. The third-order valence-electron chi connectivity index (χ3n) is 4.90. The molecule has 8 heteroatoms. The predicted molar refractivity (Wildman–Crippen MR) is 99.9 cm³/mol. The van der Waals surface area contributed by atoms with Crippen LogP contribution in [0.25, 0.3) is 5.69 Å². The number of nitrogens with zero attached hydrogens (tertiary/aromatic N) is 4. The fourth-order valence-electron chi connectivity index (χ4n) is 3.37. The molecule has 0 saturated heterocycles. The average Bonchev–Trinajstić information content (AvgIpc) is 3.07. The Morgan fingerprint density at radius 1 is 1.26 bits per heavy atom. The quantitative estimate of drug-likeness (QED) is 0.729. The molecule has 1 amide bonds. The zero-order valence-corrected chi connectivity index (χ0v) is 15.6. The van der Waals surface area contributed by atoms with E-state index < -0.39 is 5.97 Å². The number of aliphatic carboxylic acids is 1. The van der Waals surface area contributed by atoms with Gasteiger partial charge in [0.25, 0.3) is 5.91 Å². The second-order valence-electron chi connectivity index (χ2n) is 6.70. The van der Waals surface area contributed by atoms with Crippen molar-refractivity contribution >= 4 is 11.9 Å². The van der Waals surface area contributed by atoms with Crippen molar-refractivity contribution < 1.29 is 14.7 Å². The highest BCUT2D eigenvalue weighted by atomic mass is 16.4. The molecule has 0 spiro atoms. The Labute approximate surface area is 158 Å². The molecule has 2 aromatic rings. The number of para-hydroxylation sites is 1. The van der Waals surface area contributed by atoms with Crippen molar-refractivity contribution in [1.82, 2.24) is 25.0 Å². The molecule has 0 bridgehead atoms. The lowest BCUT2D eigenvalue weighted by molar-refractivity contribution is -0.139. The van der Waals surface area contributed by atoms with Crippen LogP contribution in [0.1, 0.15) is 43.1 Å². The fraction of sp³-hybridized carbons (Fsp3) is 0.474. The molecule has 0 unspecified atom stereocenters. The molecule has 1 aliphatic carbocycles. The Kier molecular flexibility index (Phi) is 5.85. The van der Waals surface area contributed by atoms with E-state index >= 15 is 0 Å².